The fourth-order valence-corrected chi connectivity index (χ4v) is 4.19. The summed E-state index contributed by atoms with van der Waals surface area (Å²) in [5.74, 6) is -1.89. The standard InChI is InChI=1S/C29H27ClFN3O3/c1-17(29(36)37)4-3-5-25-27(20-6-11-22(30)12-7-20)34-24-15-10-21(16-26(24)33-25)28(35)32-18(2)19-8-13-23(31)14-9-19/h6-18H,3-5H2,1-2H3,(H,32,35)(H,36,37)/t17?,18-/m1/s1. The van der Waals surface area contributed by atoms with Crippen molar-refractivity contribution in [3.63, 3.8) is 0 Å². The first-order valence-electron chi connectivity index (χ1n) is 12.1. The Morgan fingerprint density at radius 1 is 0.973 bits per heavy atom. The topological polar surface area (TPSA) is 92.2 Å². The number of carboxylic acid groups (broad SMARTS) is 1. The molecule has 0 radical (unpaired) electrons. The van der Waals surface area contributed by atoms with Gasteiger partial charge in [0.05, 0.1) is 34.4 Å². The van der Waals surface area contributed by atoms with Gasteiger partial charge in [-0.3, -0.25) is 9.59 Å². The maximum atomic E-state index is 13.2. The molecule has 0 aliphatic carbocycles. The number of aliphatic carboxylic acids is 1. The summed E-state index contributed by atoms with van der Waals surface area (Å²) < 4.78 is 13.2. The van der Waals surface area contributed by atoms with Crippen LogP contribution >= 0.6 is 11.6 Å². The van der Waals surface area contributed by atoms with Crippen LogP contribution in [0.5, 0.6) is 0 Å². The number of rotatable bonds is 9. The van der Waals surface area contributed by atoms with Gasteiger partial charge in [-0.25, -0.2) is 14.4 Å². The van der Waals surface area contributed by atoms with Gasteiger partial charge in [0.2, 0.25) is 0 Å². The van der Waals surface area contributed by atoms with Gasteiger partial charge >= 0.3 is 5.97 Å². The molecule has 0 aliphatic rings. The van der Waals surface area contributed by atoms with Gasteiger partial charge in [-0.2, -0.15) is 0 Å². The number of hydrogen-bond donors (Lipinski definition) is 2. The number of nitrogens with zero attached hydrogens (tertiary/aromatic N) is 2. The lowest BCUT2D eigenvalue weighted by molar-refractivity contribution is -0.141. The van der Waals surface area contributed by atoms with E-state index in [9.17, 15) is 19.1 Å². The Balaban J connectivity index is 1.63. The van der Waals surface area contributed by atoms with Crippen molar-refractivity contribution in [3.8, 4) is 11.3 Å². The summed E-state index contributed by atoms with van der Waals surface area (Å²) in [6.45, 7) is 3.52. The molecule has 0 aliphatic heterocycles. The zero-order chi connectivity index (χ0) is 26.5. The number of carbonyl (C=O) groups is 2. The smallest absolute Gasteiger partial charge is 0.306 e. The van der Waals surface area contributed by atoms with Crippen LogP contribution in [0.3, 0.4) is 0 Å². The first kappa shape index (κ1) is 26.2. The van der Waals surface area contributed by atoms with E-state index in [-0.39, 0.29) is 17.8 Å². The highest BCUT2D eigenvalue weighted by Crippen LogP contribution is 2.27. The summed E-state index contributed by atoms with van der Waals surface area (Å²) in [5, 5.41) is 12.8. The number of amides is 1. The predicted octanol–water partition coefficient (Wildman–Crippen LogP) is 6.62. The lowest BCUT2D eigenvalue weighted by Crippen LogP contribution is -2.26. The van der Waals surface area contributed by atoms with E-state index in [0.29, 0.717) is 46.6 Å². The van der Waals surface area contributed by atoms with Gasteiger partial charge < -0.3 is 10.4 Å². The van der Waals surface area contributed by atoms with Gasteiger partial charge in [-0.15, -0.1) is 0 Å². The molecule has 1 aromatic heterocycles. The van der Waals surface area contributed by atoms with Crippen molar-refractivity contribution in [2.45, 2.75) is 39.2 Å². The molecule has 0 spiro atoms. The second kappa shape index (κ2) is 11.5. The van der Waals surface area contributed by atoms with Crippen molar-refractivity contribution in [3.05, 3.63) is 94.4 Å². The first-order valence-corrected chi connectivity index (χ1v) is 12.4. The van der Waals surface area contributed by atoms with Crippen molar-refractivity contribution in [2.24, 2.45) is 5.92 Å². The molecule has 2 N–H and O–H groups in total. The molecule has 4 aromatic rings. The molecule has 2 atom stereocenters. The molecule has 37 heavy (non-hydrogen) atoms. The van der Waals surface area contributed by atoms with Crippen LogP contribution in [0.4, 0.5) is 4.39 Å². The molecular formula is C29H27ClFN3O3. The molecule has 0 fully saturated rings. The van der Waals surface area contributed by atoms with Crippen LogP contribution in [-0.2, 0) is 11.2 Å². The third kappa shape index (κ3) is 6.49. The van der Waals surface area contributed by atoms with Gasteiger partial charge in [0.15, 0.2) is 0 Å². The Morgan fingerprint density at radius 2 is 1.68 bits per heavy atom. The summed E-state index contributed by atoms with van der Waals surface area (Å²) >= 11 is 6.06. The van der Waals surface area contributed by atoms with Crippen molar-refractivity contribution in [1.82, 2.24) is 15.3 Å². The van der Waals surface area contributed by atoms with Crippen LogP contribution in [0.25, 0.3) is 22.3 Å². The molecule has 1 unspecified atom stereocenters. The number of fused-ring (bicyclic) bond motifs is 1. The number of carbonyl (C=O) groups excluding carboxylic acids is 1. The molecule has 0 saturated heterocycles. The molecule has 190 valence electrons. The van der Waals surface area contributed by atoms with Crippen LogP contribution in [-0.4, -0.2) is 27.0 Å². The van der Waals surface area contributed by atoms with E-state index in [4.69, 9.17) is 21.6 Å². The average Bonchev–Trinajstić information content (AvgIpc) is 2.88. The van der Waals surface area contributed by atoms with Crippen LogP contribution < -0.4 is 5.32 Å². The van der Waals surface area contributed by atoms with E-state index in [1.54, 1.807) is 49.4 Å². The highest BCUT2D eigenvalue weighted by atomic mass is 35.5. The normalized spacial score (nSPS) is 12.8. The number of aromatic nitrogens is 2. The number of hydrogen-bond acceptors (Lipinski definition) is 4. The summed E-state index contributed by atoms with van der Waals surface area (Å²) in [6.07, 6.45) is 1.68. The van der Waals surface area contributed by atoms with Crippen molar-refractivity contribution in [1.29, 1.82) is 0 Å². The lowest BCUT2D eigenvalue weighted by Gasteiger charge is -2.15. The van der Waals surface area contributed by atoms with E-state index in [1.807, 2.05) is 19.1 Å². The second-order valence-corrected chi connectivity index (χ2v) is 9.54. The Kier molecular flexibility index (Phi) is 8.14. The number of benzene rings is 3. The van der Waals surface area contributed by atoms with Crippen LogP contribution in [0.15, 0.2) is 66.7 Å². The van der Waals surface area contributed by atoms with Crippen LogP contribution in [0.1, 0.15) is 54.3 Å². The van der Waals surface area contributed by atoms with E-state index in [0.717, 1.165) is 16.8 Å². The SMILES string of the molecule is CC(CCCc1nc2cc(C(=O)N[C@H](C)c3ccc(F)cc3)ccc2nc1-c1ccc(Cl)cc1)C(=O)O. The highest BCUT2D eigenvalue weighted by molar-refractivity contribution is 6.30. The molecule has 0 bridgehead atoms. The van der Waals surface area contributed by atoms with Crippen LogP contribution in [0.2, 0.25) is 5.02 Å². The molecule has 6 nitrogen and oxygen atoms in total. The van der Waals surface area contributed by atoms with Gasteiger partial charge in [-0.05, 0) is 74.2 Å². The minimum absolute atomic E-state index is 0.279. The number of aryl methyl sites for hydroxylation is 1. The minimum atomic E-state index is -0.826. The van der Waals surface area contributed by atoms with Crippen molar-refractivity contribution < 1.29 is 19.1 Å². The molecule has 1 amide bonds. The van der Waals surface area contributed by atoms with Gasteiger partial charge in [0.1, 0.15) is 5.82 Å². The van der Waals surface area contributed by atoms with Gasteiger partial charge in [-0.1, -0.05) is 42.8 Å². The van der Waals surface area contributed by atoms with Crippen molar-refractivity contribution >= 4 is 34.5 Å². The fraction of sp³-hybridized carbons (Fsp3) is 0.241. The largest absolute Gasteiger partial charge is 0.481 e. The van der Waals surface area contributed by atoms with Crippen LogP contribution in [0, 0.1) is 11.7 Å². The summed E-state index contributed by atoms with van der Waals surface area (Å²) in [7, 11) is 0. The van der Waals surface area contributed by atoms with Gasteiger partial charge in [0, 0.05) is 16.1 Å². The minimum Gasteiger partial charge on any atom is -0.481 e. The average molecular weight is 520 g/mol. The molecule has 0 saturated carbocycles. The Bertz CT molecular complexity index is 1430. The molecule has 4 rings (SSSR count). The number of carboxylic acids is 1. The summed E-state index contributed by atoms with van der Waals surface area (Å²) in [6, 6.07) is 18.2. The molecule has 1 heterocycles. The number of nitrogens with one attached hydrogen (secondary N) is 1. The Labute approximate surface area is 219 Å². The van der Waals surface area contributed by atoms with E-state index >= 15 is 0 Å². The van der Waals surface area contributed by atoms with Gasteiger partial charge in [0.25, 0.3) is 5.91 Å². The maximum Gasteiger partial charge on any atom is 0.306 e. The second-order valence-electron chi connectivity index (χ2n) is 9.11. The number of halogens is 2. The maximum absolute atomic E-state index is 13.2. The van der Waals surface area contributed by atoms with E-state index < -0.39 is 11.9 Å². The molecule has 8 heteroatoms. The predicted molar refractivity (Wildman–Crippen MR) is 142 cm³/mol. The van der Waals surface area contributed by atoms with E-state index in [2.05, 4.69) is 5.32 Å². The van der Waals surface area contributed by atoms with Crippen molar-refractivity contribution in [2.75, 3.05) is 0 Å². The Morgan fingerprint density at radius 3 is 2.35 bits per heavy atom. The molecular weight excluding hydrogens is 493 g/mol. The third-order valence-corrected chi connectivity index (χ3v) is 6.56. The monoisotopic (exact) mass is 519 g/mol. The third-order valence-electron chi connectivity index (χ3n) is 6.31. The first-order chi connectivity index (χ1) is 17.7. The summed E-state index contributed by atoms with van der Waals surface area (Å²) in [4.78, 5) is 33.9. The zero-order valence-electron chi connectivity index (χ0n) is 20.5. The quantitative estimate of drug-likeness (QED) is 0.259. The Hall–Kier alpha value is -3.84. The zero-order valence-corrected chi connectivity index (χ0v) is 21.3. The molecule has 3 aromatic carbocycles. The summed E-state index contributed by atoms with van der Waals surface area (Å²) in [5.41, 5.74) is 4.71. The fourth-order valence-electron chi connectivity index (χ4n) is 4.06. The van der Waals surface area contributed by atoms with E-state index in [1.165, 1.54) is 12.1 Å². The lowest BCUT2D eigenvalue weighted by atomic mass is 10.0. The highest BCUT2D eigenvalue weighted by Gasteiger charge is 2.17.